The lowest BCUT2D eigenvalue weighted by Crippen LogP contribution is -2.51. The summed E-state index contributed by atoms with van der Waals surface area (Å²) < 4.78 is 5.25. The molecule has 0 radical (unpaired) electrons. The van der Waals surface area contributed by atoms with Gasteiger partial charge in [-0.1, -0.05) is 30.0 Å². The van der Waals surface area contributed by atoms with E-state index in [0.717, 1.165) is 11.1 Å². The Kier molecular flexibility index (Phi) is 9.15. The molecule has 8 nitrogen and oxygen atoms in total. The Morgan fingerprint density at radius 3 is 2.24 bits per heavy atom. The molecule has 0 unspecified atom stereocenters. The first-order valence-corrected chi connectivity index (χ1v) is 10.7. The summed E-state index contributed by atoms with van der Waals surface area (Å²) in [6, 6.07) is 15.2. The van der Waals surface area contributed by atoms with Crippen LogP contribution in [0.5, 0.6) is 0 Å². The van der Waals surface area contributed by atoms with Gasteiger partial charge < -0.3 is 20.5 Å². The Labute approximate surface area is 192 Å². The number of benzene rings is 2. The van der Waals surface area contributed by atoms with Crippen LogP contribution >= 0.6 is 0 Å². The van der Waals surface area contributed by atoms with Crippen molar-refractivity contribution in [1.29, 1.82) is 0 Å². The van der Waals surface area contributed by atoms with E-state index in [0.29, 0.717) is 31.9 Å². The van der Waals surface area contributed by atoms with Gasteiger partial charge in [-0.15, -0.1) is 0 Å². The van der Waals surface area contributed by atoms with E-state index >= 15 is 0 Å². The first kappa shape index (κ1) is 24.1. The van der Waals surface area contributed by atoms with Gasteiger partial charge in [0.25, 0.3) is 5.91 Å². The SMILES string of the molecule is O=C(CN1CCOCC1)NC[C@H](NC(=O)c1ccc(C#Cc2ccccc2)cc1)C(=O)CO. The average molecular weight is 450 g/mol. The molecule has 33 heavy (non-hydrogen) atoms. The molecule has 2 aromatic carbocycles. The summed E-state index contributed by atoms with van der Waals surface area (Å²) in [5.41, 5.74) is 1.98. The predicted molar refractivity (Wildman–Crippen MR) is 122 cm³/mol. The van der Waals surface area contributed by atoms with Crippen LogP contribution in [0, 0.1) is 11.8 Å². The first-order valence-electron chi connectivity index (χ1n) is 10.7. The minimum atomic E-state index is -1.03. The minimum Gasteiger partial charge on any atom is -0.388 e. The van der Waals surface area contributed by atoms with Crippen LogP contribution < -0.4 is 10.6 Å². The smallest absolute Gasteiger partial charge is 0.251 e. The summed E-state index contributed by atoms with van der Waals surface area (Å²) in [7, 11) is 0. The Bertz CT molecular complexity index is 1010. The molecule has 1 saturated heterocycles. The van der Waals surface area contributed by atoms with Gasteiger partial charge in [0.2, 0.25) is 5.91 Å². The quantitative estimate of drug-likeness (QED) is 0.497. The number of ether oxygens (including phenoxy) is 1. The fraction of sp³-hybridized carbons (Fsp3) is 0.320. The third-order valence-electron chi connectivity index (χ3n) is 5.10. The highest BCUT2D eigenvalue weighted by atomic mass is 16.5. The van der Waals surface area contributed by atoms with Crippen LogP contribution in [0.4, 0.5) is 0 Å². The molecule has 2 aromatic rings. The standard InChI is InChI=1S/C25H27N3O5/c29-18-23(30)22(16-26-24(31)17-28-12-14-33-15-13-28)27-25(32)21-10-8-20(9-11-21)7-6-19-4-2-1-3-5-19/h1-5,8-11,22,29H,12-18H2,(H,26,31)(H,27,32)/t22-/m0/s1. The van der Waals surface area contributed by atoms with Crippen LogP contribution in [0.1, 0.15) is 21.5 Å². The number of nitrogens with zero attached hydrogens (tertiary/aromatic N) is 1. The van der Waals surface area contributed by atoms with Crippen molar-refractivity contribution in [3.05, 3.63) is 71.3 Å². The molecular formula is C25H27N3O5. The fourth-order valence-electron chi connectivity index (χ4n) is 3.20. The van der Waals surface area contributed by atoms with E-state index in [1.165, 1.54) is 0 Å². The molecule has 0 aliphatic carbocycles. The number of morpholine rings is 1. The Morgan fingerprint density at radius 2 is 1.61 bits per heavy atom. The summed E-state index contributed by atoms with van der Waals surface area (Å²) >= 11 is 0. The van der Waals surface area contributed by atoms with Crippen LogP contribution in [-0.2, 0) is 14.3 Å². The Balaban J connectivity index is 1.55. The molecule has 1 atom stereocenters. The molecule has 1 aliphatic heterocycles. The zero-order chi connectivity index (χ0) is 23.5. The topological polar surface area (TPSA) is 108 Å². The van der Waals surface area contributed by atoms with Gasteiger partial charge >= 0.3 is 0 Å². The normalized spacial score (nSPS) is 14.5. The molecular weight excluding hydrogens is 422 g/mol. The highest BCUT2D eigenvalue weighted by Gasteiger charge is 2.22. The number of ketones is 1. The molecule has 1 aliphatic rings. The van der Waals surface area contributed by atoms with Gasteiger partial charge in [-0.25, -0.2) is 0 Å². The maximum atomic E-state index is 12.6. The summed E-state index contributed by atoms with van der Waals surface area (Å²) in [4.78, 5) is 38.8. The number of aliphatic hydroxyl groups is 1. The van der Waals surface area contributed by atoms with Gasteiger partial charge in [-0.05, 0) is 36.4 Å². The second-order valence-corrected chi connectivity index (χ2v) is 7.54. The second kappa shape index (κ2) is 12.5. The molecule has 0 saturated carbocycles. The number of amides is 2. The van der Waals surface area contributed by atoms with E-state index in [1.807, 2.05) is 35.2 Å². The summed E-state index contributed by atoms with van der Waals surface area (Å²) in [5, 5.41) is 14.5. The molecule has 0 bridgehead atoms. The third kappa shape index (κ3) is 7.84. The van der Waals surface area contributed by atoms with E-state index < -0.39 is 24.3 Å². The number of nitrogens with one attached hydrogen (secondary N) is 2. The Morgan fingerprint density at radius 1 is 0.970 bits per heavy atom. The fourth-order valence-corrected chi connectivity index (χ4v) is 3.20. The summed E-state index contributed by atoms with van der Waals surface area (Å²) in [5.74, 6) is 4.76. The van der Waals surface area contributed by atoms with Crippen molar-refractivity contribution in [3.63, 3.8) is 0 Å². The zero-order valence-corrected chi connectivity index (χ0v) is 18.3. The molecule has 0 aromatic heterocycles. The van der Waals surface area contributed by atoms with E-state index in [-0.39, 0.29) is 19.0 Å². The molecule has 8 heteroatoms. The van der Waals surface area contributed by atoms with Crippen molar-refractivity contribution in [2.24, 2.45) is 0 Å². The van der Waals surface area contributed by atoms with Crippen molar-refractivity contribution in [2.75, 3.05) is 46.0 Å². The van der Waals surface area contributed by atoms with Gasteiger partial charge in [0.05, 0.1) is 19.8 Å². The van der Waals surface area contributed by atoms with Crippen LogP contribution in [0.3, 0.4) is 0 Å². The number of aliphatic hydroxyl groups excluding tert-OH is 1. The summed E-state index contributed by atoms with van der Waals surface area (Å²) in [6.07, 6.45) is 0. The van der Waals surface area contributed by atoms with Crippen LogP contribution in [0.2, 0.25) is 0 Å². The van der Waals surface area contributed by atoms with Crippen molar-refractivity contribution in [2.45, 2.75) is 6.04 Å². The predicted octanol–water partition coefficient (Wildman–Crippen LogP) is 0.195. The summed E-state index contributed by atoms with van der Waals surface area (Å²) in [6.45, 7) is 1.82. The number of hydrogen-bond acceptors (Lipinski definition) is 6. The van der Waals surface area contributed by atoms with Gasteiger partial charge in [0, 0.05) is 36.3 Å². The molecule has 2 amide bonds. The van der Waals surface area contributed by atoms with Gasteiger partial charge in [0.15, 0.2) is 5.78 Å². The number of Topliss-reactive ketones (excluding diaryl/α,β-unsaturated/α-hetero) is 1. The number of rotatable bonds is 8. The highest BCUT2D eigenvalue weighted by molar-refractivity contribution is 5.98. The monoisotopic (exact) mass is 449 g/mol. The van der Waals surface area contributed by atoms with Crippen LogP contribution in [0.15, 0.2) is 54.6 Å². The van der Waals surface area contributed by atoms with Crippen LogP contribution in [0.25, 0.3) is 0 Å². The number of carbonyl (C=O) groups excluding carboxylic acids is 3. The molecule has 172 valence electrons. The Hall–Kier alpha value is -3.51. The maximum absolute atomic E-state index is 12.6. The zero-order valence-electron chi connectivity index (χ0n) is 18.3. The van der Waals surface area contributed by atoms with E-state index in [2.05, 4.69) is 22.5 Å². The molecule has 3 N–H and O–H groups in total. The van der Waals surface area contributed by atoms with Crippen molar-refractivity contribution in [1.82, 2.24) is 15.5 Å². The molecule has 0 spiro atoms. The van der Waals surface area contributed by atoms with Gasteiger partial charge in [-0.2, -0.15) is 0 Å². The van der Waals surface area contributed by atoms with Gasteiger partial charge in [0.1, 0.15) is 12.6 Å². The van der Waals surface area contributed by atoms with Crippen LogP contribution in [-0.4, -0.2) is 79.6 Å². The van der Waals surface area contributed by atoms with Crippen molar-refractivity contribution < 1.29 is 24.2 Å². The maximum Gasteiger partial charge on any atom is 0.251 e. The number of hydrogen-bond donors (Lipinski definition) is 3. The largest absolute Gasteiger partial charge is 0.388 e. The third-order valence-corrected chi connectivity index (χ3v) is 5.10. The van der Waals surface area contributed by atoms with Gasteiger partial charge in [-0.3, -0.25) is 19.3 Å². The van der Waals surface area contributed by atoms with Crippen molar-refractivity contribution >= 4 is 17.6 Å². The first-order chi connectivity index (χ1) is 16.0. The number of carbonyl (C=O) groups is 3. The minimum absolute atomic E-state index is 0.102. The van der Waals surface area contributed by atoms with Crippen molar-refractivity contribution in [3.8, 4) is 11.8 Å². The lowest BCUT2D eigenvalue weighted by molar-refractivity contribution is -0.125. The molecule has 1 heterocycles. The molecule has 1 fully saturated rings. The lowest BCUT2D eigenvalue weighted by Gasteiger charge is -2.26. The second-order valence-electron chi connectivity index (χ2n) is 7.54. The van der Waals surface area contributed by atoms with E-state index in [1.54, 1.807) is 24.3 Å². The van der Waals surface area contributed by atoms with E-state index in [9.17, 15) is 19.5 Å². The lowest BCUT2D eigenvalue weighted by atomic mass is 10.1. The van der Waals surface area contributed by atoms with E-state index in [4.69, 9.17) is 4.74 Å². The molecule has 3 rings (SSSR count). The average Bonchev–Trinajstić information content (AvgIpc) is 2.86. The highest BCUT2D eigenvalue weighted by Crippen LogP contribution is 2.05.